The highest BCUT2D eigenvalue weighted by Crippen LogP contribution is 2.19. The van der Waals surface area contributed by atoms with Crippen molar-refractivity contribution in [3.05, 3.63) is 47.5 Å². The van der Waals surface area contributed by atoms with Crippen LogP contribution in [0.5, 0.6) is 0 Å². The highest BCUT2D eigenvalue weighted by atomic mass is 79.9. The summed E-state index contributed by atoms with van der Waals surface area (Å²) in [6.45, 7) is 4.00. The van der Waals surface area contributed by atoms with E-state index in [-0.39, 0.29) is 0 Å². The van der Waals surface area contributed by atoms with E-state index in [9.17, 15) is 0 Å². The molecule has 2 aromatic rings. The molecule has 2 rings (SSSR count). The Hall–Kier alpha value is -1.22. The van der Waals surface area contributed by atoms with Crippen LogP contribution in [0, 0.1) is 0 Å². The molecule has 0 amide bonds. The van der Waals surface area contributed by atoms with Crippen LogP contribution >= 0.6 is 15.9 Å². The summed E-state index contributed by atoms with van der Waals surface area (Å²) in [5.41, 5.74) is 2.17. The SMILES string of the molecule is Brc1ccc(-c2cncnc2)cc1.CC. The van der Waals surface area contributed by atoms with Crippen LogP contribution < -0.4 is 0 Å². The van der Waals surface area contributed by atoms with Crippen molar-refractivity contribution < 1.29 is 0 Å². The van der Waals surface area contributed by atoms with Crippen LogP contribution in [0.4, 0.5) is 0 Å². The maximum absolute atomic E-state index is 3.96. The minimum atomic E-state index is 1.04. The summed E-state index contributed by atoms with van der Waals surface area (Å²) in [5, 5.41) is 0. The number of hydrogen-bond donors (Lipinski definition) is 0. The Morgan fingerprint density at radius 1 is 0.867 bits per heavy atom. The van der Waals surface area contributed by atoms with Crippen molar-refractivity contribution in [1.29, 1.82) is 0 Å². The van der Waals surface area contributed by atoms with E-state index < -0.39 is 0 Å². The van der Waals surface area contributed by atoms with Gasteiger partial charge in [0.2, 0.25) is 0 Å². The van der Waals surface area contributed by atoms with Crippen molar-refractivity contribution in [2.75, 3.05) is 0 Å². The van der Waals surface area contributed by atoms with Gasteiger partial charge in [-0.15, -0.1) is 0 Å². The number of rotatable bonds is 1. The summed E-state index contributed by atoms with van der Waals surface area (Å²) >= 11 is 3.39. The highest BCUT2D eigenvalue weighted by Gasteiger charge is 1.95. The molecule has 0 atom stereocenters. The zero-order chi connectivity index (χ0) is 11.1. The van der Waals surface area contributed by atoms with Gasteiger partial charge in [0.05, 0.1) is 0 Å². The van der Waals surface area contributed by atoms with Crippen LogP contribution in [0.15, 0.2) is 47.5 Å². The number of halogens is 1. The molecule has 15 heavy (non-hydrogen) atoms. The first-order valence-corrected chi connectivity index (χ1v) is 5.66. The molecular formula is C12H13BrN2. The second-order valence-electron chi connectivity index (χ2n) is 2.63. The van der Waals surface area contributed by atoms with Gasteiger partial charge >= 0.3 is 0 Å². The fourth-order valence-corrected chi connectivity index (χ4v) is 1.35. The quantitative estimate of drug-likeness (QED) is 0.780. The van der Waals surface area contributed by atoms with Crippen molar-refractivity contribution in [3.8, 4) is 11.1 Å². The van der Waals surface area contributed by atoms with Gasteiger partial charge in [-0.3, -0.25) is 0 Å². The Morgan fingerprint density at radius 2 is 1.40 bits per heavy atom. The molecule has 2 nitrogen and oxygen atoms in total. The van der Waals surface area contributed by atoms with Crippen LogP contribution in [-0.4, -0.2) is 9.97 Å². The lowest BCUT2D eigenvalue weighted by atomic mass is 10.1. The molecular weight excluding hydrogens is 252 g/mol. The van der Waals surface area contributed by atoms with Crippen LogP contribution in [0.25, 0.3) is 11.1 Å². The molecule has 78 valence electrons. The van der Waals surface area contributed by atoms with Crippen LogP contribution in [0.3, 0.4) is 0 Å². The maximum Gasteiger partial charge on any atom is 0.115 e. The van der Waals surface area contributed by atoms with Gasteiger partial charge in [0, 0.05) is 22.4 Å². The van der Waals surface area contributed by atoms with Crippen LogP contribution in [0.1, 0.15) is 13.8 Å². The molecule has 0 saturated carbocycles. The Labute approximate surface area is 98.5 Å². The van der Waals surface area contributed by atoms with Gasteiger partial charge in [-0.05, 0) is 17.7 Å². The lowest BCUT2D eigenvalue weighted by molar-refractivity contribution is 1.17. The van der Waals surface area contributed by atoms with Crippen LogP contribution in [-0.2, 0) is 0 Å². The van der Waals surface area contributed by atoms with Gasteiger partial charge in [0.1, 0.15) is 6.33 Å². The Bertz CT molecular complexity index is 384. The van der Waals surface area contributed by atoms with Gasteiger partial charge in [0.15, 0.2) is 0 Å². The lowest BCUT2D eigenvalue weighted by Crippen LogP contribution is -1.80. The second kappa shape index (κ2) is 6.30. The highest BCUT2D eigenvalue weighted by molar-refractivity contribution is 9.10. The van der Waals surface area contributed by atoms with E-state index in [1.807, 2.05) is 38.1 Å². The monoisotopic (exact) mass is 264 g/mol. The minimum absolute atomic E-state index is 1.04. The number of nitrogens with zero attached hydrogens (tertiary/aromatic N) is 2. The predicted octanol–water partition coefficient (Wildman–Crippen LogP) is 3.93. The smallest absolute Gasteiger partial charge is 0.115 e. The molecule has 1 aromatic heterocycles. The van der Waals surface area contributed by atoms with Crippen molar-refractivity contribution >= 4 is 15.9 Å². The average molecular weight is 265 g/mol. The fraction of sp³-hybridized carbons (Fsp3) is 0.167. The third-order valence-electron chi connectivity index (χ3n) is 1.74. The van der Waals surface area contributed by atoms with Crippen LogP contribution in [0.2, 0.25) is 0 Å². The lowest BCUT2D eigenvalue weighted by Gasteiger charge is -1.98. The van der Waals surface area contributed by atoms with Crippen molar-refractivity contribution in [1.82, 2.24) is 9.97 Å². The molecule has 0 radical (unpaired) electrons. The molecule has 0 aliphatic carbocycles. The molecule has 0 fully saturated rings. The molecule has 3 heteroatoms. The standard InChI is InChI=1S/C10H7BrN2.C2H6/c11-10-3-1-8(2-4-10)9-5-12-7-13-6-9;1-2/h1-7H;1-2H3. The van der Waals surface area contributed by atoms with Crippen molar-refractivity contribution in [2.45, 2.75) is 13.8 Å². The molecule has 1 heterocycles. The molecule has 0 unspecified atom stereocenters. The number of benzene rings is 1. The number of hydrogen-bond acceptors (Lipinski definition) is 2. The average Bonchev–Trinajstić information content (AvgIpc) is 2.34. The van der Waals surface area contributed by atoms with Crippen molar-refractivity contribution in [3.63, 3.8) is 0 Å². The Morgan fingerprint density at radius 3 is 1.93 bits per heavy atom. The minimum Gasteiger partial charge on any atom is -0.244 e. The number of aromatic nitrogens is 2. The predicted molar refractivity (Wildman–Crippen MR) is 66.5 cm³/mol. The molecule has 0 saturated heterocycles. The van der Waals surface area contributed by atoms with Crippen molar-refractivity contribution in [2.24, 2.45) is 0 Å². The first-order valence-electron chi connectivity index (χ1n) is 4.87. The van der Waals surface area contributed by atoms with E-state index in [2.05, 4.69) is 25.9 Å². The van der Waals surface area contributed by atoms with Gasteiger partial charge in [0.25, 0.3) is 0 Å². The summed E-state index contributed by atoms with van der Waals surface area (Å²) in [7, 11) is 0. The molecule has 0 bridgehead atoms. The summed E-state index contributed by atoms with van der Waals surface area (Å²) in [5.74, 6) is 0. The zero-order valence-electron chi connectivity index (χ0n) is 8.81. The first kappa shape index (κ1) is 11.9. The second-order valence-corrected chi connectivity index (χ2v) is 3.55. The fourth-order valence-electron chi connectivity index (χ4n) is 1.09. The third-order valence-corrected chi connectivity index (χ3v) is 2.27. The van der Waals surface area contributed by atoms with Gasteiger partial charge in [-0.1, -0.05) is 41.9 Å². The molecule has 0 aliphatic rings. The van der Waals surface area contributed by atoms with E-state index in [0.29, 0.717) is 0 Å². The zero-order valence-corrected chi connectivity index (χ0v) is 10.4. The normalized spacial score (nSPS) is 9.00. The molecule has 0 spiro atoms. The Kier molecular flexibility index (Phi) is 4.98. The van der Waals surface area contributed by atoms with Gasteiger partial charge in [-0.25, -0.2) is 9.97 Å². The van der Waals surface area contributed by atoms with Gasteiger partial charge in [-0.2, -0.15) is 0 Å². The largest absolute Gasteiger partial charge is 0.244 e. The first-order chi connectivity index (χ1) is 7.36. The molecule has 0 N–H and O–H groups in total. The summed E-state index contributed by atoms with van der Waals surface area (Å²) in [6, 6.07) is 8.07. The molecule has 1 aromatic carbocycles. The van der Waals surface area contributed by atoms with E-state index in [1.165, 1.54) is 6.33 Å². The molecule has 0 aliphatic heterocycles. The van der Waals surface area contributed by atoms with E-state index in [1.54, 1.807) is 12.4 Å². The summed E-state index contributed by atoms with van der Waals surface area (Å²) in [6.07, 6.45) is 5.13. The topological polar surface area (TPSA) is 25.8 Å². The van der Waals surface area contributed by atoms with E-state index in [4.69, 9.17) is 0 Å². The van der Waals surface area contributed by atoms with E-state index >= 15 is 0 Å². The third kappa shape index (κ3) is 3.44. The van der Waals surface area contributed by atoms with E-state index in [0.717, 1.165) is 15.6 Å². The maximum atomic E-state index is 3.96. The summed E-state index contributed by atoms with van der Waals surface area (Å²) in [4.78, 5) is 7.92. The summed E-state index contributed by atoms with van der Waals surface area (Å²) < 4.78 is 1.08. The Balaban J connectivity index is 0.000000531. The van der Waals surface area contributed by atoms with Gasteiger partial charge < -0.3 is 0 Å².